The van der Waals surface area contributed by atoms with E-state index in [1.165, 1.54) is 0 Å². The molecule has 0 aromatic carbocycles. The van der Waals surface area contributed by atoms with Crippen molar-refractivity contribution in [1.29, 1.82) is 0 Å². The molecule has 14 heavy (non-hydrogen) atoms. The van der Waals surface area contributed by atoms with Gasteiger partial charge in [-0.1, -0.05) is 0 Å². The summed E-state index contributed by atoms with van der Waals surface area (Å²) in [5.41, 5.74) is 0. The summed E-state index contributed by atoms with van der Waals surface area (Å²) in [5.74, 6) is 0.803. The summed E-state index contributed by atoms with van der Waals surface area (Å²) in [4.78, 5) is 0. The summed E-state index contributed by atoms with van der Waals surface area (Å²) in [6.07, 6.45) is 0. The molecule has 0 atom stereocenters. The van der Waals surface area contributed by atoms with Crippen LogP contribution in [0.25, 0.3) is 0 Å². The molecule has 0 aliphatic carbocycles. The fourth-order valence-corrected chi connectivity index (χ4v) is 1.36. The highest BCUT2D eigenvalue weighted by Gasteiger charge is 2.04. The zero-order valence-corrected chi connectivity index (χ0v) is 9.26. The van der Waals surface area contributed by atoms with Crippen LogP contribution in [0.15, 0.2) is 0 Å². The molecule has 0 bridgehead atoms. The first-order valence-corrected chi connectivity index (χ1v) is 4.91. The van der Waals surface area contributed by atoms with Gasteiger partial charge in [0.15, 0.2) is 10.6 Å². The molecule has 0 aliphatic heterocycles. The molecule has 1 N–H and O–H groups in total. The third-order valence-electron chi connectivity index (χ3n) is 1.77. The Kier molecular flexibility index (Phi) is 4.78. The maximum atomic E-state index is 5.25. The molecule has 0 saturated carbocycles. The van der Waals surface area contributed by atoms with Gasteiger partial charge in [0.1, 0.15) is 6.61 Å². The van der Waals surface area contributed by atoms with Crippen molar-refractivity contribution in [2.75, 3.05) is 20.3 Å². The predicted octanol–water partition coefficient (Wildman–Crippen LogP) is 1.12. The third kappa shape index (κ3) is 2.90. The minimum atomic E-state index is 0.458. The second-order valence-corrected chi connectivity index (χ2v) is 3.11. The molecule has 1 aromatic rings. The van der Waals surface area contributed by atoms with Gasteiger partial charge in [-0.3, -0.25) is 9.67 Å². The molecular weight excluding hydrogens is 202 g/mol. The number of nitrogens with zero attached hydrogens (tertiary/aromatic N) is 2. The summed E-state index contributed by atoms with van der Waals surface area (Å²) >= 11 is 5.07. The molecule has 1 aromatic heterocycles. The predicted molar refractivity (Wildman–Crippen MR) is 54.6 cm³/mol. The molecule has 0 spiro atoms. The van der Waals surface area contributed by atoms with E-state index in [4.69, 9.17) is 21.7 Å². The summed E-state index contributed by atoms with van der Waals surface area (Å²) in [6.45, 7) is 4.48. The smallest absolute Gasteiger partial charge is 0.195 e. The summed E-state index contributed by atoms with van der Waals surface area (Å²) in [5, 5.41) is 6.78. The topological polar surface area (TPSA) is 52.1 Å². The fraction of sp³-hybridized carbons (Fsp3) is 0.750. The first kappa shape index (κ1) is 11.4. The Morgan fingerprint density at radius 1 is 1.57 bits per heavy atom. The Labute approximate surface area is 88.0 Å². The van der Waals surface area contributed by atoms with Gasteiger partial charge in [-0.25, -0.2) is 0 Å². The van der Waals surface area contributed by atoms with Gasteiger partial charge in [-0.05, 0) is 19.1 Å². The molecule has 0 saturated heterocycles. The number of H-pyrrole nitrogens is 1. The molecular formula is C8H15N3O2S. The van der Waals surface area contributed by atoms with Crippen molar-refractivity contribution in [3.05, 3.63) is 10.6 Å². The first-order valence-electron chi connectivity index (χ1n) is 4.50. The molecule has 0 fully saturated rings. The molecule has 0 radical (unpaired) electrons. The van der Waals surface area contributed by atoms with Crippen LogP contribution in [-0.4, -0.2) is 35.1 Å². The second-order valence-electron chi connectivity index (χ2n) is 2.73. The van der Waals surface area contributed by atoms with Gasteiger partial charge in [0.05, 0.1) is 13.2 Å². The number of aromatic amines is 1. The van der Waals surface area contributed by atoms with E-state index in [9.17, 15) is 0 Å². The van der Waals surface area contributed by atoms with Gasteiger partial charge >= 0.3 is 0 Å². The minimum Gasteiger partial charge on any atom is -0.380 e. The molecule has 5 nitrogen and oxygen atoms in total. The summed E-state index contributed by atoms with van der Waals surface area (Å²) in [7, 11) is 1.63. The fourth-order valence-electron chi connectivity index (χ4n) is 1.12. The number of methoxy groups -OCH3 is 1. The number of hydrogen-bond acceptors (Lipinski definition) is 4. The van der Waals surface area contributed by atoms with Crippen molar-refractivity contribution in [3.8, 4) is 0 Å². The zero-order valence-electron chi connectivity index (χ0n) is 8.45. The van der Waals surface area contributed by atoms with Crippen LogP contribution in [0.4, 0.5) is 0 Å². The van der Waals surface area contributed by atoms with Crippen LogP contribution in [0.5, 0.6) is 0 Å². The number of rotatable bonds is 6. The highest BCUT2D eigenvalue weighted by atomic mass is 32.1. The number of aromatic nitrogens is 3. The van der Waals surface area contributed by atoms with Crippen LogP contribution in [-0.2, 0) is 22.6 Å². The van der Waals surface area contributed by atoms with E-state index >= 15 is 0 Å². The monoisotopic (exact) mass is 217 g/mol. The summed E-state index contributed by atoms with van der Waals surface area (Å²) in [6, 6.07) is 0. The SMILES string of the molecule is CCOCCn1c(COC)n[nH]c1=S. The lowest BCUT2D eigenvalue weighted by molar-refractivity contribution is 0.133. The van der Waals surface area contributed by atoms with E-state index in [1.807, 2.05) is 11.5 Å². The molecule has 1 rings (SSSR count). The lowest BCUT2D eigenvalue weighted by atomic mass is 10.6. The van der Waals surface area contributed by atoms with Gasteiger partial charge in [0.25, 0.3) is 0 Å². The number of hydrogen-bond donors (Lipinski definition) is 1. The van der Waals surface area contributed by atoms with Gasteiger partial charge in [0, 0.05) is 13.7 Å². The molecule has 0 amide bonds. The molecule has 0 aliphatic rings. The summed E-state index contributed by atoms with van der Waals surface area (Å²) < 4.78 is 12.7. The average Bonchev–Trinajstić information content (AvgIpc) is 2.50. The Morgan fingerprint density at radius 2 is 2.36 bits per heavy atom. The quantitative estimate of drug-likeness (QED) is 0.573. The first-order chi connectivity index (χ1) is 6.79. The van der Waals surface area contributed by atoms with Crippen LogP contribution in [0, 0.1) is 4.77 Å². The molecule has 6 heteroatoms. The van der Waals surface area contributed by atoms with Gasteiger partial charge in [-0.15, -0.1) is 0 Å². The standard InChI is InChI=1S/C8H15N3O2S/c1-3-13-5-4-11-7(6-12-2)9-10-8(11)14/h3-6H2,1-2H3,(H,10,14). The molecule has 80 valence electrons. The highest BCUT2D eigenvalue weighted by Crippen LogP contribution is 1.99. The molecule has 0 unspecified atom stereocenters. The third-order valence-corrected chi connectivity index (χ3v) is 2.09. The molecule has 1 heterocycles. The van der Waals surface area contributed by atoms with E-state index in [0.29, 0.717) is 31.1 Å². The normalized spacial score (nSPS) is 10.7. The number of ether oxygens (including phenoxy) is 2. The minimum absolute atomic E-state index is 0.458. The van der Waals surface area contributed by atoms with Crippen molar-refractivity contribution in [2.45, 2.75) is 20.1 Å². The van der Waals surface area contributed by atoms with Crippen LogP contribution >= 0.6 is 12.2 Å². The van der Waals surface area contributed by atoms with Crippen molar-refractivity contribution >= 4 is 12.2 Å². The average molecular weight is 217 g/mol. The maximum absolute atomic E-state index is 5.25. The van der Waals surface area contributed by atoms with E-state index < -0.39 is 0 Å². The second kappa shape index (κ2) is 5.90. The van der Waals surface area contributed by atoms with Crippen LogP contribution < -0.4 is 0 Å². The van der Waals surface area contributed by atoms with E-state index in [0.717, 1.165) is 5.82 Å². The van der Waals surface area contributed by atoms with Gasteiger partial charge in [-0.2, -0.15) is 5.10 Å². The van der Waals surface area contributed by atoms with E-state index in [2.05, 4.69) is 10.2 Å². The van der Waals surface area contributed by atoms with E-state index in [1.54, 1.807) is 7.11 Å². The highest BCUT2D eigenvalue weighted by molar-refractivity contribution is 7.71. The van der Waals surface area contributed by atoms with Gasteiger partial charge in [0.2, 0.25) is 0 Å². The largest absolute Gasteiger partial charge is 0.380 e. The van der Waals surface area contributed by atoms with Crippen molar-refractivity contribution < 1.29 is 9.47 Å². The van der Waals surface area contributed by atoms with Crippen molar-refractivity contribution in [3.63, 3.8) is 0 Å². The Morgan fingerprint density at radius 3 is 3.00 bits per heavy atom. The Hall–Kier alpha value is -0.720. The zero-order chi connectivity index (χ0) is 10.4. The Balaban J connectivity index is 2.62. The number of nitrogens with one attached hydrogen (secondary N) is 1. The van der Waals surface area contributed by atoms with Crippen LogP contribution in [0.1, 0.15) is 12.7 Å². The van der Waals surface area contributed by atoms with E-state index in [-0.39, 0.29) is 0 Å². The lowest BCUT2D eigenvalue weighted by Crippen LogP contribution is -2.10. The Bertz CT molecular complexity index is 321. The van der Waals surface area contributed by atoms with Crippen molar-refractivity contribution in [1.82, 2.24) is 14.8 Å². The van der Waals surface area contributed by atoms with Crippen molar-refractivity contribution in [2.24, 2.45) is 0 Å². The lowest BCUT2D eigenvalue weighted by Gasteiger charge is -2.05. The maximum Gasteiger partial charge on any atom is 0.195 e. The van der Waals surface area contributed by atoms with Crippen LogP contribution in [0.3, 0.4) is 0 Å². The van der Waals surface area contributed by atoms with Crippen LogP contribution in [0.2, 0.25) is 0 Å². The van der Waals surface area contributed by atoms with Gasteiger partial charge < -0.3 is 9.47 Å².